The second-order valence-corrected chi connectivity index (χ2v) is 4.82. The number of rotatable bonds is 3. The van der Waals surface area contributed by atoms with Gasteiger partial charge >= 0.3 is 0 Å². The van der Waals surface area contributed by atoms with Crippen LogP contribution in [-0.2, 0) is 9.59 Å². The van der Waals surface area contributed by atoms with Gasteiger partial charge in [0.1, 0.15) is 5.78 Å². The van der Waals surface area contributed by atoms with E-state index in [0.29, 0.717) is 5.69 Å². The molecular formula is C10H9Br2NO2. The van der Waals surface area contributed by atoms with Crippen molar-refractivity contribution in [2.45, 2.75) is 13.3 Å². The van der Waals surface area contributed by atoms with Gasteiger partial charge in [0.25, 0.3) is 0 Å². The third kappa shape index (κ3) is 4.13. The van der Waals surface area contributed by atoms with E-state index in [1.165, 1.54) is 6.92 Å². The lowest BCUT2D eigenvalue weighted by Gasteiger charge is -2.06. The predicted molar refractivity (Wildman–Crippen MR) is 65.8 cm³/mol. The molecule has 80 valence electrons. The van der Waals surface area contributed by atoms with E-state index in [1.807, 2.05) is 12.1 Å². The maximum absolute atomic E-state index is 11.3. The van der Waals surface area contributed by atoms with Gasteiger partial charge in [-0.2, -0.15) is 0 Å². The lowest BCUT2D eigenvalue weighted by Crippen LogP contribution is -2.14. The zero-order valence-corrected chi connectivity index (χ0v) is 11.2. The molecule has 1 rings (SSSR count). The van der Waals surface area contributed by atoms with Gasteiger partial charge < -0.3 is 5.32 Å². The van der Waals surface area contributed by atoms with Crippen LogP contribution in [0.4, 0.5) is 5.69 Å². The number of nitrogens with one attached hydrogen (secondary N) is 1. The number of Topliss-reactive ketones (excluding diaryl/α,β-unsaturated/α-hetero) is 1. The van der Waals surface area contributed by atoms with Gasteiger partial charge in [-0.1, -0.05) is 15.9 Å². The highest BCUT2D eigenvalue weighted by molar-refractivity contribution is 9.11. The van der Waals surface area contributed by atoms with Crippen LogP contribution in [0.5, 0.6) is 0 Å². The number of halogens is 2. The van der Waals surface area contributed by atoms with Crippen molar-refractivity contribution in [1.29, 1.82) is 0 Å². The molecule has 0 heterocycles. The maximum atomic E-state index is 11.3. The molecule has 0 aliphatic heterocycles. The Balaban J connectivity index is 2.76. The van der Waals surface area contributed by atoms with Crippen molar-refractivity contribution in [1.82, 2.24) is 0 Å². The minimum absolute atomic E-state index is 0.0983. The molecule has 0 aliphatic rings. The van der Waals surface area contributed by atoms with Gasteiger partial charge in [-0.25, -0.2) is 0 Å². The Morgan fingerprint density at radius 1 is 1.33 bits per heavy atom. The number of ketones is 1. The highest BCUT2D eigenvalue weighted by Crippen LogP contribution is 2.26. The molecule has 15 heavy (non-hydrogen) atoms. The van der Waals surface area contributed by atoms with E-state index in [9.17, 15) is 9.59 Å². The van der Waals surface area contributed by atoms with Crippen molar-refractivity contribution in [2.75, 3.05) is 5.32 Å². The van der Waals surface area contributed by atoms with Crippen LogP contribution in [0.3, 0.4) is 0 Å². The first-order valence-electron chi connectivity index (χ1n) is 4.23. The Morgan fingerprint density at radius 3 is 2.60 bits per heavy atom. The van der Waals surface area contributed by atoms with E-state index >= 15 is 0 Å². The summed E-state index contributed by atoms with van der Waals surface area (Å²) >= 11 is 6.60. The van der Waals surface area contributed by atoms with E-state index in [1.54, 1.807) is 6.07 Å². The van der Waals surface area contributed by atoms with Crippen LogP contribution < -0.4 is 5.32 Å². The molecular weight excluding hydrogens is 326 g/mol. The molecule has 1 aromatic carbocycles. The zero-order chi connectivity index (χ0) is 11.4. The summed E-state index contributed by atoms with van der Waals surface area (Å²) < 4.78 is 1.64. The highest BCUT2D eigenvalue weighted by Gasteiger charge is 2.07. The molecule has 1 aromatic rings. The van der Waals surface area contributed by atoms with Gasteiger partial charge in [0.15, 0.2) is 0 Å². The van der Waals surface area contributed by atoms with Gasteiger partial charge in [0, 0.05) is 8.95 Å². The fourth-order valence-electron chi connectivity index (χ4n) is 1.01. The largest absolute Gasteiger partial charge is 0.325 e. The number of hydrogen-bond donors (Lipinski definition) is 1. The molecule has 1 amide bonds. The van der Waals surface area contributed by atoms with Crippen molar-refractivity contribution < 1.29 is 9.59 Å². The Labute approximate surface area is 104 Å². The minimum atomic E-state index is -0.304. The van der Waals surface area contributed by atoms with E-state index < -0.39 is 0 Å². The molecule has 0 aliphatic carbocycles. The quantitative estimate of drug-likeness (QED) is 0.863. The number of carbonyl (C=O) groups excluding carboxylic acids is 2. The molecule has 0 aromatic heterocycles. The van der Waals surface area contributed by atoms with Gasteiger partial charge in [-0.3, -0.25) is 9.59 Å². The molecule has 0 saturated heterocycles. The van der Waals surface area contributed by atoms with Gasteiger partial charge in [0.05, 0.1) is 12.1 Å². The van der Waals surface area contributed by atoms with Crippen molar-refractivity contribution in [3.63, 3.8) is 0 Å². The predicted octanol–water partition coefficient (Wildman–Crippen LogP) is 3.13. The Hall–Kier alpha value is -0.680. The Morgan fingerprint density at radius 2 is 2.00 bits per heavy atom. The van der Waals surface area contributed by atoms with Gasteiger partial charge in [-0.15, -0.1) is 0 Å². The summed E-state index contributed by atoms with van der Waals surface area (Å²) in [5.41, 5.74) is 0.649. The summed E-state index contributed by atoms with van der Waals surface area (Å²) in [4.78, 5) is 22.0. The molecule has 3 nitrogen and oxygen atoms in total. The summed E-state index contributed by atoms with van der Waals surface area (Å²) in [7, 11) is 0. The molecule has 0 saturated carbocycles. The maximum Gasteiger partial charge on any atom is 0.231 e. The third-order valence-electron chi connectivity index (χ3n) is 1.61. The van der Waals surface area contributed by atoms with Crippen molar-refractivity contribution in [3.8, 4) is 0 Å². The van der Waals surface area contributed by atoms with Crippen LogP contribution in [0.2, 0.25) is 0 Å². The Kier molecular flexibility index (Phi) is 4.47. The van der Waals surface area contributed by atoms with Crippen molar-refractivity contribution in [3.05, 3.63) is 27.1 Å². The fourth-order valence-corrected chi connectivity index (χ4v) is 1.72. The van der Waals surface area contributed by atoms with Crippen LogP contribution >= 0.6 is 31.9 Å². The standard InChI is InChI=1S/C10H9Br2NO2/c1-6(14)4-10(15)13-9-5-7(11)2-3-8(9)12/h2-3,5H,4H2,1H3,(H,13,15). The first-order chi connectivity index (χ1) is 6.99. The van der Waals surface area contributed by atoms with E-state index in [0.717, 1.165) is 8.95 Å². The molecule has 0 fully saturated rings. The minimum Gasteiger partial charge on any atom is -0.325 e. The smallest absolute Gasteiger partial charge is 0.231 e. The van der Waals surface area contributed by atoms with Crippen LogP contribution in [-0.4, -0.2) is 11.7 Å². The third-order valence-corrected chi connectivity index (χ3v) is 2.80. The average molecular weight is 335 g/mol. The van der Waals surface area contributed by atoms with Gasteiger partial charge in [-0.05, 0) is 41.1 Å². The molecule has 1 N–H and O–H groups in total. The molecule has 0 unspecified atom stereocenters. The normalized spacial score (nSPS) is 9.80. The molecule has 0 bridgehead atoms. The molecule has 0 atom stereocenters. The second kappa shape index (κ2) is 5.42. The van der Waals surface area contributed by atoms with E-state index in [-0.39, 0.29) is 18.1 Å². The Bertz CT molecular complexity index is 404. The van der Waals surface area contributed by atoms with Crippen molar-refractivity contribution >= 4 is 49.2 Å². The summed E-state index contributed by atoms with van der Waals surface area (Å²) in [5.74, 6) is -0.458. The van der Waals surface area contributed by atoms with Crippen LogP contribution in [0.25, 0.3) is 0 Å². The van der Waals surface area contributed by atoms with Crippen LogP contribution in [0, 0.1) is 0 Å². The lowest BCUT2D eigenvalue weighted by molar-refractivity contribution is -0.124. The van der Waals surface area contributed by atoms with Crippen LogP contribution in [0.1, 0.15) is 13.3 Å². The number of anilines is 1. The summed E-state index contributed by atoms with van der Waals surface area (Å²) in [6, 6.07) is 5.43. The first kappa shape index (κ1) is 12.4. The SMILES string of the molecule is CC(=O)CC(=O)Nc1cc(Br)ccc1Br. The van der Waals surface area contributed by atoms with Gasteiger partial charge in [0.2, 0.25) is 5.91 Å². The summed E-state index contributed by atoms with van der Waals surface area (Å²) in [5, 5.41) is 2.65. The summed E-state index contributed by atoms with van der Waals surface area (Å²) in [6.07, 6.45) is -0.0983. The topological polar surface area (TPSA) is 46.2 Å². The molecule has 0 radical (unpaired) electrons. The molecule has 5 heteroatoms. The molecule has 0 spiro atoms. The van der Waals surface area contributed by atoms with E-state index in [2.05, 4.69) is 37.2 Å². The fraction of sp³-hybridized carbons (Fsp3) is 0.200. The monoisotopic (exact) mass is 333 g/mol. The van der Waals surface area contributed by atoms with Crippen molar-refractivity contribution in [2.24, 2.45) is 0 Å². The zero-order valence-electron chi connectivity index (χ0n) is 8.01. The summed E-state index contributed by atoms with van der Waals surface area (Å²) in [6.45, 7) is 1.38. The van der Waals surface area contributed by atoms with Crippen LogP contribution in [0.15, 0.2) is 27.1 Å². The average Bonchev–Trinajstić information content (AvgIpc) is 2.10. The number of hydrogen-bond acceptors (Lipinski definition) is 2. The second-order valence-electron chi connectivity index (χ2n) is 3.05. The van der Waals surface area contributed by atoms with E-state index in [4.69, 9.17) is 0 Å². The number of amides is 1. The number of benzene rings is 1. The number of carbonyl (C=O) groups is 2. The highest BCUT2D eigenvalue weighted by atomic mass is 79.9. The lowest BCUT2D eigenvalue weighted by atomic mass is 10.2. The first-order valence-corrected chi connectivity index (χ1v) is 5.82.